The molecule has 0 saturated carbocycles. The lowest BCUT2D eigenvalue weighted by molar-refractivity contribution is -0.136. The highest BCUT2D eigenvalue weighted by molar-refractivity contribution is 7.90. The second kappa shape index (κ2) is 8.36. The number of nitrogens with zero attached hydrogens (tertiary/aromatic N) is 1. The van der Waals surface area contributed by atoms with E-state index in [1.807, 2.05) is 11.8 Å². The van der Waals surface area contributed by atoms with E-state index < -0.39 is 21.9 Å². The fourth-order valence-corrected chi connectivity index (χ4v) is 3.19. The Morgan fingerprint density at radius 1 is 1.32 bits per heavy atom. The molecule has 1 saturated heterocycles. The Kier molecular flexibility index (Phi) is 7.12. The molecular formula is C14H27N3O4S. The maximum Gasteiger partial charge on any atom is 0.315 e. The van der Waals surface area contributed by atoms with Crippen molar-refractivity contribution in [3.05, 3.63) is 0 Å². The maximum absolute atomic E-state index is 12.3. The number of hydrogen-bond acceptors (Lipinski definition) is 4. The lowest BCUT2D eigenvalue weighted by Crippen LogP contribution is -2.53. The van der Waals surface area contributed by atoms with E-state index in [0.29, 0.717) is 6.42 Å². The Balaban J connectivity index is 2.32. The average Bonchev–Trinajstić information content (AvgIpc) is 2.42. The monoisotopic (exact) mass is 333 g/mol. The summed E-state index contributed by atoms with van der Waals surface area (Å²) in [6.07, 6.45) is 4.65. The molecule has 2 atom stereocenters. The zero-order chi connectivity index (χ0) is 16.8. The van der Waals surface area contributed by atoms with Crippen LogP contribution in [0, 0.1) is 0 Å². The first-order valence-corrected chi connectivity index (χ1v) is 9.79. The smallest absolute Gasteiger partial charge is 0.315 e. The first-order chi connectivity index (χ1) is 10.2. The Hall–Kier alpha value is -1.31. The van der Waals surface area contributed by atoms with E-state index >= 15 is 0 Å². The van der Waals surface area contributed by atoms with Crippen molar-refractivity contribution in [1.29, 1.82) is 0 Å². The van der Waals surface area contributed by atoms with Crippen LogP contribution in [-0.4, -0.2) is 62.4 Å². The van der Waals surface area contributed by atoms with Crippen molar-refractivity contribution in [2.75, 3.05) is 25.1 Å². The summed E-state index contributed by atoms with van der Waals surface area (Å²) in [5, 5.41) is 5.17. The van der Waals surface area contributed by atoms with Crippen LogP contribution in [0.2, 0.25) is 0 Å². The fraction of sp³-hybridized carbons (Fsp3) is 0.857. The molecule has 3 amide bonds. The molecule has 0 unspecified atom stereocenters. The van der Waals surface area contributed by atoms with Crippen LogP contribution in [-0.2, 0) is 14.6 Å². The molecular weight excluding hydrogens is 306 g/mol. The number of amides is 3. The van der Waals surface area contributed by atoms with Crippen LogP contribution in [0.4, 0.5) is 4.79 Å². The number of urea groups is 1. The minimum absolute atomic E-state index is 0.0348. The number of rotatable bonds is 6. The first kappa shape index (κ1) is 18.7. The zero-order valence-corrected chi connectivity index (χ0v) is 14.4. The number of carbonyl (C=O) groups excluding carboxylic acids is 2. The number of nitrogens with one attached hydrogen (secondary N) is 2. The van der Waals surface area contributed by atoms with Crippen molar-refractivity contribution >= 4 is 21.8 Å². The summed E-state index contributed by atoms with van der Waals surface area (Å²) in [6.45, 7) is 4.69. The van der Waals surface area contributed by atoms with Gasteiger partial charge in [-0.1, -0.05) is 0 Å². The van der Waals surface area contributed by atoms with Crippen molar-refractivity contribution in [1.82, 2.24) is 15.5 Å². The minimum Gasteiger partial charge on any atom is -0.338 e. The van der Waals surface area contributed by atoms with E-state index in [-0.39, 0.29) is 24.2 Å². The van der Waals surface area contributed by atoms with Crippen LogP contribution in [0.25, 0.3) is 0 Å². The number of carbonyl (C=O) groups is 2. The molecule has 2 N–H and O–H groups in total. The van der Waals surface area contributed by atoms with Gasteiger partial charge < -0.3 is 15.5 Å². The molecule has 128 valence electrons. The van der Waals surface area contributed by atoms with E-state index in [1.54, 1.807) is 6.92 Å². The molecule has 1 aliphatic rings. The molecule has 8 heteroatoms. The topological polar surface area (TPSA) is 95.6 Å². The molecule has 0 bridgehead atoms. The Morgan fingerprint density at radius 2 is 2.00 bits per heavy atom. The largest absolute Gasteiger partial charge is 0.338 e. The number of piperidine rings is 1. The summed E-state index contributed by atoms with van der Waals surface area (Å²) >= 11 is 0. The predicted molar refractivity (Wildman–Crippen MR) is 85.4 cm³/mol. The SMILES string of the molecule is C[C@H](NC(=O)NCCCS(C)(=O)=O)C(=O)N1CCCC[C@@H]1C. The van der Waals surface area contributed by atoms with Crippen molar-refractivity contribution in [2.24, 2.45) is 0 Å². The summed E-state index contributed by atoms with van der Waals surface area (Å²) < 4.78 is 21.9. The van der Waals surface area contributed by atoms with Gasteiger partial charge in [0.25, 0.3) is 0 Å². The van der Waals surface area contributed by atoms with Crippen LogP contribution < -0.4 is 10.6 Å². The fourth-order valence-electron chi connectivity index (χ4n) is 2.52. The highest BCUT2D eigenvalue weighted by Crippen LogP contribution is 2.17. The third-order valence-electron chi connectivity index (χ3n) is 3.78. The van der Waals surface area contributed by atoms with Crippen molar-refractivity contribution in [3.63, 3.8) is 0 Å². The summed E-state index contributed by atoms with van der Waals surface area (Å²) in [5.41, 5.74) is 0. The van der Waals surface area contributed by atoms with Gasteiger partial charge in [0, 0.05) is 25.4 Å². The van der Waals surface area contributed by atoms with Gasteiger partial charge in [-0.3, -0.25) is 4.79 Å². The molecule has 0 spiro atoms. The highest BCUT2D eigenvalue weighted by atomic mass is 32.2. The van der Waals surface area contributed by atoms with E-state index in [4.69, 9.17) is 0 Å². The summed E-state index contributed by atoms with van der Waals surface area (Å²) in [4.78, 5) is 25.8. The predicted octanol–water partition coefficient (Wildman–Crippen LogP) is 0.510. The molecule has 22 heavy (non-hydrogen) atoms. The molecule has 1 heterocycles. The third kappa shape index (κ3) is 6.64. The lowest BCUT2D eigenvalue weighted by Gasteiger charge is -2.35. The van der Waals surface area contributed by atoms with Gasteiger partial charge >= 0.3 is 6.03 Å². The summed E-state index contributed by atoms with van der Waals surface area (Å²) in [7, 11) is -3.01. The summed E-state index contributed by atoms with van der Waals surface area (Å²) in [6, 6.07) is -0.821. The Labute approximate surface area is 132 Å². The average molecular weight is 333 g/mol. The van der Waals surface area contributed by atoms with Gasteiger partial charge in [-0.05, 0) is 39.5 Å². The normalized spacial score (nSPS) is 20.3. The molecule has 1 fully saturated rings. The second-order valence-corrected chi connectivity index (χ2v) is 8.24. The quantitative estimate of drug-likeness (QED) is 0.692. The van der Waals surface area contributed by atoms with Gasteiger partial charge in [-0.25, -0.2) is 13.2 Å². The Bertz CT molecular complexity index is 492. The highest BCUT2D eigenvalue weighted by Gasteiger charge is 2.27. The molecule has 1 aliphatic heterocycles. The van der Waals surface area contributed by atoms with Crippen molar-refractivity contribution in [3.8, 4) is 0 Å². The van der Waals surface area contributed by atoms with Gasteiger partial charge in [-0.15, -0.1) is 0 Å². The van der Waals surface area contributed by atoms with Gasteiger partial charge in [0.05, 0.1) is 5.75 Å². The van der Waals surface area contributed by atoms with E-state index in [1.165, 1.54) is 0 Å². The van der Waals surface area contributed by atoms with E-state index in [0.717, 1.165) is 32.1 Å². The van der Waals surface area contributed by atoms with Gasteiger partial charge in [0.15, 0.2) is 0 Å². The molecule has 0 aromatic carbocycles. The lowest BCUT2D eigenvalue weighted by atomic mass is 10.0. The van der Waals surface area contributed by atoms with Crippen LogP contribution in [0.3, 0.4) is 0 Å². The molecule has 0 aliphatic carbocycles. The molecule has 7 nitrogen and oxygen atoms in total. The van der Waals surface area contributed by atoms with E-state index in [2.05, 4.69) is 10.6 Å². The number of likely N-dealkylation sites (tertiary alicyclic amines) is 1. The van der Waals surface area contributed by atoms with Crippen LogP contribution in [0.15, 0.2) is 0 Å². The maximum atomic E-state index is 12.3. The van der Waals surface area contributed by atoms with Crippen molar-refractivity contribution < 1.29 is 18.0 Å². The number of sulfone groups is 1. The third-order valence-corrected chi connectivity index (χ3v) is 4.81. The Morgan fingerprint density at radius 3 is 2.59 bits per heavy atom. The van der Waals surface area contributed by atoms with Gasteiger partial charge in [-0.2, -0.15) is 0 Å². The van der Waals surface area contributed by atoms with Crippen LogP contribution in [0.1, 0.15) is 39.5 Å². The van der Waals surface area contributed by atoms with Crippen molar-refractivity contribution in [2.45, 2.75) is 51.6 Å². The van der Waals surface area contributed by atoms with Gasteiger partial charge in [0.1, 0.15) is 15.9 Å². The second-order valence-electron chi connectivity index (χ2n) is 5.98. The van der Waals surface area contributed by atoms with Gasteiger partial charge in [0.2, 0.25) is 5.91 Å². The molecule has 1 rings (SSSR count). The molecule has 0 aromatic heterocycles. The molecule has 0 radical (unpaired) electrons. The zero-order valence-electron chi connectivity index (χ0n) is 13.6. The number of hydrogen-bond donors (Lipinski definition) is 2. The van der Waals surface area contributed by atoms with Crippen LogP contribution in [0.5, 0.6) is 0 Å². The first-order valence-electron chi connectivity index (χ1n) is 7.73. The summed E-state index contributed by atoms with van der Waals surface area (Å²) in [5.74, 6) is -0.0361. The van der Waals surface area contributed by atoms with E-state index in [9.17, 15) is 18.0 Å². The standard InChI is InChI=1S/C14H27N3O4S/c1-11-7-4-5-9-17(11)13(18)12(2)16-14(19)15-8-6-10-22(3,20)21/h11-12H,4-10H2,1-3H3,(H2,15,16,19)/t11-,12-/m0/s1. The minimum atomic E-state index is -3.01. The van der Waals surface area contributed by atoms with Crippen LogP contribution >= 0.6 is 0 Å². The molecule has 0 aromatic rings.